The molecule has 31 heavy (non-hydrogen) atoms. The first-order chi connectivity index (χ1) is 15.3. The number of unbranched alkanes of at least 4 members (excludes halogenated alkanes) is 6. The van der Waals surface area contributed by atoms with E-state index in [-0.39, 0.29) is 0 Å². The van der Waals surface area contributed by atoms with E-state index in [1.165, 1.54) is 100 Å². The SMILES string of the molecule is CCCCCCCCCc1ccc2c(ccc3c2ccc2c4ccccc4ccc23)c1. The highest BCUT2D eigenvalue weighted by molar-refractivity contribution is 6.22. The van der Waals surface area contributed by atoms with Crippen LogP contribution >= 0.6 is 0 Å². The van der Waals surface area contributed by atoms with Crippen molar-refractivity contribution >= 4 is 43.1 Å². The molecule has 5 rings (SSSR count). The van der Waals surface area contributed by atoms with E-state index < -0.39 is 0 Å². The molecule has 0 saturated heterocycles. The molecule has 0 amide bonds. The molecule has 0 nitrogen and oxygen atoms in total. The van der Waals surface area contributed by atoms with E-state index in [1.54, 1.807) is 0 Å². The second kappa shape index (κ2) is 9.10. The molecule has 0 bridgehead atoms. The second-order valence-corrected chi connectivity index (χ2v) is 9.03. The van der Waals surface area contributed by atoms with E-state index in [0.29, 0.717) is 0 Å². The van der Waals surface area contributed by atoms with Crippen LogP contribution in [0.3, 0.4) is 0 Å². The van der Waals surface area contributed by atoms with Crippen molar-refractivity contribution in [1.29, 1.82) is 0 Å². The predicted molar refractivity (Wildman–Crippen MR) is 138 cm³/mol. The van der Waals surface area contributed by atoms with Crippen LogP contribution < -0.4 is 0 Å². The molecule has 0 radical (unpaired) electrons. The number of hydrogen-bond acceptors (Lipinski definition) is 0. The lowest BCUT2D eigenvalue weighted by atomic mass is 9.93. The first kappa shape index (κ1) is 20.1. The maximum Gasteiger partial charge on any atom is -0.00987 e. The van der Waals surface area contributed by atoms with Crippen molar-refractivity contribution in [1.82, 2.24) is 0 Å². The van der Waals surface area contributed by atoms with Crippen LogP contribution in [0.15, 0.2) is 78.9 Å². The van der Waals surface area contributed by atoms with Crippen molar-refractivity contribution < 1.29 is 0 Å². The Hall–Kier alpha value is -2.86. The minimum absolute atomic E-state index is 1.20. The van der Waals surface area contributed by atoms with Crippen LogP contribution in [0, 0.1) is 0 Å². The minimum Gasteiger partial charge on any atom is -0.0654 e. The Morgan fingerprint density at radius 2 is 1.00 bits per heavy atom. The average molecular weight is 405 g/mol. The molecule has 156 valence electrons. The molecule has 0 heterocycles. The van der Waals surface area contributed by atoms with Crippen molar-refractivity contribution in [2.24, 2.45) is 0 Å². The maximum atomic E-state index is 2.41. The first-order valence-electron chi connectivity index (χ1n) is 12.1. The summed E-state index contributed by atoms with van der Waals surface area (Å²) in [6.45, 7) is 2.29. The molecule has 0 atom stereocenters. The minimum atomic E-state index is 1.20. The fourth-order valence-electron chi connectivity index (χ4n) is 5.14. The molecule has 5 aromatic carbocycles. The van der Waals surface area contributed by atoms with Gasteiger partial charge in [0.05, 0.1) is 0 Å². The Kier molecular flexibility index (Phi) is 5.89. The molecule has 0 fully saturated rings. The van der Waals surface area contributed by atoms with Crippen molar-refractivity contribution in [3.05, 3.63) is 84.4 Å². The van der Waals surface area contributed by atoms with Gasteiger partial charge in [-0.05, 0) is 61.5 Å². The van der Waals surface area contributed by atoms with Gasteiger partial charge in [0.15, 0.2) is 0 Å². The summed E-state index contributed by atoms with van der Waals surface area (Å²) in [4.78, 5) is 0. The van der Waals surface area contributed by atoms with Crippen LogP contribution in [0.2, 0.25) is 0 Å². The number of fused-ring (bicyclic) bond motifs is 7. The third kappa shape index (κ3) is 4.04. The van der Waals surface area contributed by atoms with Gasteiger partial charge in [-0.3, -0.25) is 0 Å². The summed E-state index contributed by atoms with van der Waals surface area (Å²) in [7, 11) is 0. The highest BCUT2D eigenvalue weighted by Gasteiger charge is 2.07. The monoisotopic (exact) mass is 404 g/mol. The summed E-state index contributed by atoms with van der Waals surface area (Å²) < 4.78 is 0. The topological polar surface area (TPSA) is 0 Å². The van der Waals surface area contributed by atoms with E-state index in [4.69, 9.17) is 0 Å². The lowest BCUT2D eigenvalue weighted by Crippen LogP contribution is -1.88. The molecule has 0 heteroatoms. The van der Waals surface area contributed by atoms with Gasteiger partial charge in [0.2, 0.25) is 0 Å². The molecule has 0 unspecified atom stereocenters. The zero-order valence-electron chi connectivity index (χ0n) is 18.7. The Morgan fingerprint density at radius 3 is 1.77 bits per heavy atom. The Morgan fingerprint density at radius 1 is 0.452 bits per heavy atom. The highest BCUT2D eigenvalue weighted by atomic mass is 14.1. The van der Waals surface area contributed by atoms with Crippen LogP contribution in [-0.2, 0) is 6.42 Å². The van der Waals surface area contributed by atoms with Crippen LogP contribution in [0.5, 0.6) is 0 Å². The van der Waals surface area contributed by atoms with Gasteiger partial charge in [-0.25, -0.2) is 0 Å². The van der Waals surface area contributed by atoms with E-state index in [2.05, 4.69) is 85.8 Å². The van der Waals surface area contributed by atoms with Crippen molar-refractivity contribution in [2.75, 3.05) is 0 Å². The van der Waals surface area contributed by atoms with Gasteiger partial charge < -0.3 is 0 Å². The fourth-order valence-corrected chi connectivity index (χ4v) is 5.14. The molecular weight excluding hydrogens is 372 g/mol. The zero-order chi connectivity index (χ0) is 21.0. The first-order valence-corrected chi connectivity index (χ1v) is 12.1. The van der Waals surface area contributed by atoms with Crippen LogP contribution in [0.1, 0.15) is 57.4 Å². The predicted octanol–water partition coefficient (Wildman–Crippen LogP) is 9.59. The van der Waals surface area contributed by atoms with Crippen LogP contribution in [-0.4, -0.2) is 0 Å². The van der Waals surface area contributed by atoms with Gasteiger partial charge in [0.1, 0.15) is 0 Å². The fraction of sp³-hybridized carbons (Fsp3) is 0.290. The number of rotatable bonds is 8. The van der Waals surface area contributed by atoms with Crippen LogP contribution in [0.25, 0.3) is 43.1 Å². The number of benzene rings is 5. The molecule has 5 aromatic rings. The normalized spacial score (nSPS) is 11.8. The Bertz CT molecular complexity index is 1340. The molecule has 0 spiro atoms. The Balaban J connectivity index is 1.42. The maximum absolute atomic E-state index is 2.41. The second-order valence-electron chi connectivity index (χ2n) is 9.03. The van der Waals surface area contributed by atoms with E-state index >= 15 is 0 Å². The average Bonchev–Trinajstić information content (AvgIpc) is 2.82. The smallest absolute Gasteiger partial charge is 0.00987 e. The number of hydrogen-bond donors (Lipinski definition) is 0. The molecular formula is C31H32. The standard InChI is InChI=1S/C31H32/c1-2-3-4-5-6-7-8-11-23-14-17-27-25(22-23)16-19-31-29(27)21-20-28-26-13-10-9-12-24(26)15-18-30(28)31/h9-10,12-22H,2-8,11H2,1H3. The van der Waals surface area contributed by atoms with Gasteiger partial charge >= 0.3 is 0 Å². The van der Waals surface area contributed by atoms with Crippen molar-refractivity contribution in [3.63, 3.8) is 0 Å². The number of aryl methyl sites for hydroxylation is 1. The molecule has 0 saturated carbocycles. The van der Waals surface area contributed by atoms with Gasteiger partial charge in [0, 0.05) is 0 Å². The highest BCUT2D eigenvalue weighted by Crippen LogP contribution is 2.35. The molecule has 0 aromatic heterocycles. The summed E-state index contributed by atoms with van der Waals surface area (Å²) in [6.07, 6.45) is 10.8. The summed E-state index contributed by atoms with van der Waals surface area (Å²) in [6, 6.07) is 29.6. The summed E-state index contributed by atoms with van der Waals surface area (Å²) >= 11 is 0. The molecule has 0 aliphatic carbocycles. The Labute approximate surface area is 185 Å². The molecule has 0 aliphatic heterocycles. The third-order valence-electron chi connectivity index (χ3n) is 6.87. The quantitative estimate of drug-likeness (QED) is 0.178. The van der Waals surface area contributed by atoms with E-state index in [1.807, 2.05) is 0 Å². The van der Waals surface area contributed by atoms with Gasteiger partial charge in [-0.2, -0.15) is 0 Å². The summed E-state index contributed by atoms with van der Waals surface area (Å²) in [5, 5.41) is 10.8. The van der Waals surface area contributed by atoms with E-state index in [0.717, 1.165) is 0 Å². The lowest BCUT2D eigenvalue weighted by molar-refractivity contribution is 0.589. The van der Waals surface area contributed by atoms with Gasteiger partial charge in [-0.15, -0.1) is 0 Å². The van der Waals surface area contributed by atoms with Crippen molar-refractivity contribution in [2.45, 2.75) is 58.3 Å². The largest absolute Gasteiger partial charge is 0.0654 e. The molecule has 0 aliphatic rings. The molecule has 0 N–H and O–H groups in total. The van der Waals surface area contributed by atoms with E-state index in [9.17, 15) is 0 Å². The third-order valence-corrected chi connectivity index (χ3v) is 6.87. The zero-order valence-corrected chi connectivity index (χ0v) is 18.7. The van der Waals surface area contributed by atoms with Crippen molar-refractivity contribution in [3.8, 4) is 0 Å². The van der Waals surface area contributed by atoms with Crippen LogP contribution in [0.4, 0.5) is 0 Å². The van der Waals surface area contributed by atoms with Gasteiger partial charge in [-0.1, -0.05) is 124 Å². The summed E-state index contributed by atoms with van der Waals surface area (Å²) in [5.74, 6) is 0. The summed E-state index contributed by atoms with van der Waals surface area (Å²) in [5.41, 5.74) is 1.48. The lowest BCUT2D eigenvalue weighted by Gasteiger charge is -2.11. The van der Waals surface area contributed by atoms with Gasteiger partial charge in [0.25, 0.3) is 0 Å².